The SMILES string of the molecule is Fc1cccc(Oc2nc(N3CCOCC3)nc3c2CN(Cc2cccs2)CC3)c1. The summed E-state index contributed by atoms with van der Waals surface area (Å²) >= 11 is 1.76. The number of benzene rings is 1. The van der Waals surface area contributed by atoms with Gasteiger partial charge in [0, 0.05) is 50.1 Å². The van der Waals surface area contributed by atoms with E-state index in [-0.39, 0.29) is 5.82 Å². The van der Waals surface area contributed by atoms with Crippen LogP contribution in [0.1, 0.15) is 16.1 Å². The Bertz CT molecular complexity index is 1010. The molecule has 0 amide bonds. The van der Waals surface area contributed by atoms with Gasteiger partial charge < -0.3 is 14.4 Å². The van der Waals surface area contributed by atoms with Crippen molar-refractivity contribution in [2.24, 2.45) is 0 Å². The van der Waals surface area contributed by atoms with Crippen LogP contribution in [0.25, 0.3) is 0 Å². The van der Waals surface area contributed by atoms with Gasteiger partial charge in [0.05, 0.1) is 24.5 Å². The summed E-state index contributed by atoms with van der Waals surface area (Å²) in [5.74, 6) is 1.29. The summed E-state index contributed by atoms with van der Waals surface area (Å²) in [4.78, 5) is 15.5. The summed E-state index contributed by atoms with van der Waals surface area (Å²) in [6.07, 6.45) is 0.833. The minimum absolute atomic E-state index is 0.330. The minimum Gasteiger partial charge on any atom is -0.438 e. The van der Waals surface area contributed by atoms with Crippen molar-refractivity contribution in [3.63, 3.8) is 0 Å². The predicted molar refractivity (Wildman–Crippen MR) is 114 cm³/mol. The third-order valence-electron chi connectivity index (χ3n) is 5.35. The maximum atomic E-state index is 13.7. The Labute approximate surface area is 178 Å². The fourth-order valence-electron chi connectivity index (χ4n) is 3.82. The molecule has 0 spiro atoms. The molecule has 2 aromatic heterocycles. The van der Waals surface area contributed by atoms with Crippen molar-refractivity contribution in [2.75, 3.05) is 37.7 Å². The fourth-order valence-corrected chi connectivity index (χ4v) is 4.56. The quantitative estimate of drug-likeness (QED) is 0.618. The number of aromatic nitrogens is 2. The highest BCUT2D eigenvalue weighted by Gasteiger charge is 2.26. The van der Waals surface area contributed by atoms with Crippen LogP contribution in [-0.4, -0.2) is 47.7 Å². The molecule has 0 aliphatic carbocycles. The number of halogens is 1. The van der Waals surface area contributed by atoms with Crippen molar-refractivity contribution in [3.05, 3.63) is 63.7 Å². The molecule has 4 heterocycles. The van der Waals surface area contributed by atoms with E-state index in [9.17, 15) is 4.39 Å². The smallest absolute Gasteiger partial charge is 0.229 e. The number of thiophene rings is 1. The zero-order valence-corrected chi connectivity index (χ0v) is 17.4. The molecule has 5 rings (SSSR count). The van der Waals surface area contributed by atoms with E-state index >= 15 is 0 Å². The van der Waals surface area contributed by atoms with Gasteiger partial charge in [-0.05, 0) is 23.6 Å². The third kappa shape index (κ3) is 4.30. The van der Waals surface area contributed by atoms with Crippen LogP contribution in [0.4, 0.5) is 10.3 Å². The summed E-state index contributed by atoms with van der Waals surface area (Å²) in [5.41, 5.74) is 2.00. The Hall–Kier alpha value is -2.55. The summed E-state index contributed by atoms with van der Waals surface area (Å²) in [7, 11) is 0. The van der Waals surface area contributed by atoms with E-state index < -0.39 is 0 Å². The Kier molecular flexibility index (Phi) is 5.61. The highest BCUT2D eigenvalue weighted by atomic mass is 32.1. The molecule has 1 saturated heterocycles. The molecule has 1 aromatic carbocycles. The van der Waals surface area contributed by atoms with Crippen LogP contribution in [0.5, 0.6) is 11.6 Å². The van der Waals surface area contributed by atoms with Gasteiger partial charge in [0.1, 0.15) is 11.6 Å². The van der Waals surface area contributed by atoms with Gasteiger partial charge in [-0.1, -0.05) is 12.1 Å². The van der Waals surface area contributed by atoms with Crippen LogP contribution in [0.2, 0.25) is 0 Å². The molecule has 1 fully saturated rings. The monoisotopic (exact) mass is 426 g/mol. The lowest BCUT2D eigenvalue weighted by Crippen LogP contribution is -2.38. The molecule has 0 unspecified atom stereocenters. The normalized spacial score (nSPS) is 17.0. The van der Waals surface area contributed by atoms with Crippen molar-refractivity contribution in [1.29, 1.82) is 0 Å². The predicted octanol–water partition coefficient (Wildman–Crippen LogP) is 3.86. The van der Waals surface area contributed by atoms with Crippen molar-refractivity contribution >= 4 is 17.3 Å². The molecule has 0 bridgehead atoms. The van der Waals surface area contributed by atoms with E-state index in [2.05, 4.69) is 27.3 Å². The van der Waals surface area contributed by atoms with Gasteiger partial charge in [-0.2, -0.15) is 4.98 Å². The molecule has 3 aromatic rings. The number of hydrogen-bond donors (Lipinski definition) is 0. The molecule has 2 aliphatic rings. The second-order valence-electron chi connectivity index (χ2n) is 7.45. The highest BCUT2D eigenvalue weighted by molar-refractivity contribution is 7.09. The Morgan fingerprint density at radius 2 is 2.00 bits per heavy atom. The van der Waals surface area contributed by atoms with Gasteiger partial charge in [0.2, 0.25) is 11.8 Å². The van der Waals surface area contributed by atoms with Gasteiger partial charge >= 0.3 is 0 Å². The van der Waals surface area contributed by atoms with Crippen molar-refractivity contribution in [3.8, 4) is 11.6 Å². The lowest BCUT2D eigenvalue weighted by molar-refractivity contribution is 0.122. The first-order chi connectivity index (χ1) is 14.7. The fraction of sp³-hybridized carbons (Fsp3) is 0.364. The van der Waals surface area contributed by atoms with Crippen LogP contribution < -0.4 is 9.64 Å². The molecule has 156 valence electrons. The van der Waals surface area contributed by atoms with Gasteiger partial charge in [-0.15, -0.1) is 11.3 Å². The van der Waals surface area contributed by atoms with E-state index in [1.54, 1.807) is 23.5 Å². The minimum atomic E-state index is -0.330. The van der Waals surface area contributed by atoms with Crippen LogP contribution in [-0.2, 0) is 24.2 Å². The number of fused-ring (bicyclic) bond motifs is 1. The molecular formula is C22H23FN4O2S. The zero-order valence-electron chi connectivity index (χ0n) is 16.6. The van der Waals surface area contributed by atoms with Gasteiger partial charge in [0.25, 0.3) is 0 Å². The largest absolute Gasteiger partial charge is 0.438 e. The van der Waals surface area contributed by atoms with E-state index in [0.717, 1.165) is 43.9 Å². The standard InChI is InChI=1S/C22H23FN4O2S/c23-16-3-1-4-17(13-16)29-21-19-15-26(14-18-5-2-12-30-18)7-6-20(19)24-22(25-21)27-8-10-28-11-9-27/h1-5,12-13H,6-11,14-15H2. The van der Waals surface area contributed by atoms with Gasteiger partial charge in [-0.3, -0.25) is 4.90 Å². The molecule has 6 nitrogen and oxygen atoms in total. The van der Waals surface area contributed by atoms with Crippen LogP contribution in [0, 0.1) is 5.82 Å². The lowest BCUT2D eigenvalue weighted by Gasteiger charge is -2.31. The number of anilines is 1. The molecule has 30 heavy (non-hydrogen) atoms. The summed E-state index contributed by atoms with van der Waals surface area (Å²) < 4.78 is 25.3. The van der Waals surface area contributed by atoms with E-state index in [4.69, 9.17) is 19.4 Å². The molecule has 0 N–H and O–H groups in total. The summed E-state index contributed by atoms with van der Waals surface area (Å²) in [5, 5.41) is 2.10. The number of ether oxygens (including phenoxy) is 2. The summed E-state index contributed by atoms with van der Waals surface area (Å²) in [6, 6.07) is 10.4. The van der Waals surface area contributed by atoms with Crippen LogP contribution in [0.15, 0.2) is 41.8 Å². The zero-order chi connectivity index (χ0) is 20.3. The average Bonchev–Trinajstić information content (AvgIpc) is 3.28. The van der Waals surface area contributed by atoms with E-state index in [0.29, 0.717) is 37.3 Å². The second kappa shape index (κ2) is 8.67. The second-order valence-corrected chi connectivity index (χ2v) is 8.49. The Balaban J connectivity index is 1.47. The summed E-state index contributed by atoms with van der Waals surface area (Å²) in [6.45, 7) is 5.36. The molecule has 2 aliphatic heterocycles. The molecule has 0 atom stereocenters. The first-order valence-electron chi connectivity index (χ1n) is 10.2. The van der Waals surface area contributed by atoms with Gasteiger partial charge in [0.15, 0.2) is 0 Å². The number of nitrogens with zero attached hydrogens (tertiary/aromatic N) is 4. The lowest BCUT2D eigenvalue weighted by atomic mass is 10.1. The Morgan fingerprint density at radius 1 is 1.10 bits per heavy atom. The maximum Gasteiger partial charge on any atom is 0.229 e. The highest BCUT2D eigenvalue weighted by Crippen LogP contribution is 2.32. The maximum absolute atomic E-state index is 13.7. The first kappa shape index (κ1) is 19.4. The number of hydrogen-bond acceptors (Lipinski definition) is 7. The molecule has 0 saturated carbocycles. The van der Waals surface area contributed by atoms with Crippen molar-refractivity contribution < 1.29 is 13.9 Å². The van der Waals surface area contributed by atoms with Crippen LogP contribution in [0.3, 0.4) is 0 Å². The van der Waals surface area contributed by atoms with Crippen molar-refractivity contribution in [2.45, 2.75) is 19.5 Å². The average molecular weight is 427 g/mol. The number of morpholine rings is 1. The topological polar surface area (TPSA) is 50.7 Å². The third-order valence-corrected chi connectivity index (χ3v) is 6.21. The molecule has 0 radical (unpaired) electrons. The Morgan fingerprint density at radius 3 is 2.80 bits per heavy atom. The van der Waals surface area contributed by atoms with Crippen molar-refractivity contribution in [1.82, 2.24) is 14.9 Å². The molecule has 8 heteroatoms. The first-order valence-corrected chi connectivity index (χ1v) is 11.0. The van der Waals surface area contributed by atoms with Gasteiger partial charge in [-0.25, -0.2) is 9.37 Å². The number of rotatable bonds is 5. The molecular weight excluding hydrogens is 403 g/mol. The van der Waals surface area contributed by atoms with Crippen LogP contribution >= 0.6 is 11.3 Å². The van der Waals surface area contributed by atoms with E-state index in [1.807, 2.05) is 0 Å². The van der Waals surface area contributed by atoms with E-state index in [1.165, 1.54) is 17.0 Å².